The second-order valence-electron chi connectivity index (χ2n) is 8.29. The molecular weight excluding hydrogens is 414 g/mol. The average Bonchev–Trinajstić information content (AvgIpc) is 2.79. The fourth-order valence-electron chi connectivity index (χ4n) is 3.86. The quantitative estimate of drug-likeness (QED) is 0.604. The Balaban J connectivity index is 1.76. The molecule has 3 N–H and O–H groups in total. The van der Waals surface area contributed by atoms with E-state index in [4.69, 9.17) is 4.74 Å². The third-order valence-electron chi connectivity index (χ3n) is 5.58. The second-order valence-corrected chi connectivity index (χ2v) is 8.29. The molecule has 0 spiro atoms. The standard InChI is InChI=1S/C22H31N5O5/c1-14(2)24-22(31)27-12-11-26(21(30)15-6-8-16(32-3)9-7-15)13-18(27)20(29)25-17-5-4-10-23-19(17)28/h6-9,14,17-18H,4-5,10-13H2,1-3H3,(H,23,28)(H,24,31)(H,25,29)/t17-,18-/m0/s1. The maximum atomic E-state index is 13.1. The predicted octanol–water partition coefficient (Wildman–Crippen LogP) is 0.334. The molecule has 3 rings (SSSR count). The first-order valence-corrected chi connectivity index (χ1v) is 10.9. The lowest BCUT2D eigenvalue weighted by Crippen LogP contribution is -2.65. The van der Waals surface area contributed by atoms with Gasteiger partial charge in [-0.15, -0.1) is 0 Å². The number of rotatable bonds is 5. The van der Waals surface area contributed by atoms with Crippen molar-refractivity contribution in [3.05, 3.63) is 29.8 Å². The van der Waals surface area contributed by atoms with Crippen molar-refractivity contribution in [1.82, 2.24) is 25.8 Å². The fourth-order valence-corrected chi connectivity index (χ4v) is 3.86. The first kappa shape index (κ1) is 23.4. The van der Waals surface area contributed by atoms with Gasteiger partial charge in [0.2, 0.25) is 11.8 Å². The molecule has 2 aliphatic rings. The molecule has 5 amide bonds. The molecule has 1 aromatic rings. The van der Waals surface area contributed by atoms with Gasteiger partial charge in [-0.2, -0.15) is 0 Å². The van der Waals surface area contributed by atoms with E-state index in [9.17, 15) is 19.2 Å². The normalized spacial score (nSPS) is 21.1. The zero-order valence-electron chi connectivity index (χ0n) is 18.7. The van der Waals surface area contributed by atoms with E-state index in [1.165, 1.54) is 4.90 Å². The van der Waals surface area contributed by atoms with Gasteiger partial charge in [0.15, 0.2) is 0 Å². The minimum Gasteiger partial charge on any atom is -0.497 e. The summed E-state index contributed by atoms with van der Waals surface area (Å²) >= 11 is 0. The Labute approximate surface area is 187 Å². The van der Waals surface area contributed by atoms with Crippen molar-refractivity contribution in [1.29, 1.82) is 0 Å². The van der Waals surface area contributed by atoms with Crippen molar-refractivity contribution in [2.24, 2.45) is 0 Å². The molecule has 10 nitrogen and oxygen atoms in total. The van der Waals surface area contributed by atoms with Crippen LogP contribution >= 0.6 is 0 Å². The van der Waals surface area contributed by atoms with Gasteiger partial charge in [-0.25, -0.2) is 4.79 Å². The first-order valence-electron chi connectivity index (χ1n) is 10.9. The number of nitrogens with one attached hydrogen (secondary N) is 3. The maximum Gasteiger partial charge on any atom is 0.318 e. The van der Waals surface area contributed by atoms with Gasteiger partial charge >= 0.3 is 6.03 Å². The van der Waals surface area contributed by atoms with Crippen LogP contribution in [0.1, 0.15) is 37.0 Å². The third kappa shape index (κ3) is 5.49. The van der Waals surface area contributed by atoms with E-state index in [-0.39, 0.29) is 37.0 Å². The lowest BCUT2D eigenvalue weighted by molar-refractivity contribution is -0.133. The van der Waals surface area contributed by atoms with Gasteiger partial charge in [-0.1, -0.05) is 0 Å². The SMILES string of the molecule is COc1ccc(C(=O)N2CCN(C(=O)NC(C)C)[C@H](C(=O)N[C@H]3CCCNC3=O)C2)cc1. The van der Waals surface area contributed by atoms with Crippen LogP contribution < -0.4 is 20.7 Å². The smallest absolute Gasteiger partial charge is 0.318 e. The van der Waals surface area contributed by atoms with Crippen LogP contribution in [0, 0.1) is 0 Å². The molecule has 174 valence electrons. The molecule has 2 atom stereocenters. The summed E-state index contributed by atoms with van der Waals surface area (Å²) in [5, 5.41) is 8.31. The highest BCUT2D eigenvalue weighted by atomic mass is 16.5. The van der Waals surface area contributed by atoms with Crippen molar-refractivity contribution in [3.63, 3.8) is 0 Å². The number of methoxy groups -OCH3 is 1. The van der Waals surface area contributed by atoms with Gasteiger partial charge in [0.25, 0.3) is 5.91 Å². The third-order valence-corrected chi connectivity index (χ3v) is 5.58. The summed E-state index contributed by atoms with van der Waals surface area (Å²) in [7, 11) is 1.55. The van der Waals surface area contributed by atoms with E-state index >= 15 is 0 Å². The average molecular weight is 446 g/mol. The number of hydrogen-bond donors (Lipinski definition) is 3. The molecule has 0 unspecified atom stereocenters. The van der Waals surface area contributed by atoms with E-state index in [2.05, 4.69) is 16.0 Å². The van der Waals surface area contributed by atoms with Crippen LogP contribution in [0.15, 0.2) is 24.3 Å². The molecule has 0 radical (unpaired) electrons. The molecule has 2 fully saturated rings. The number of ether oxygens (including phenoxy) is 1. The maximum absolute atomic E-state index is 13.1. The Morgan fingerprint density at radius 2 is 1.88 bits per heavy atom. The molecule has 10 heteroatoms. The van der Waals surface area contributed by atoms with E-state index in [0.29, 0.717) is 30.8 Å². The second kappa shape index (κ2) is 10.3. The van der Waals surface area contributed by atoms with Crippen molar-refractivity contribution in [2.45, 2.75) is 44.8 Å². The molecule has 0 aromatic heterocycles. The summed E-state index contributed by atoms with van der Waals surface area (Å²) in [5.74, 6) is -0.271. The number of hydrogen-bond acceptors (Lipinski definition) is 5. The molecule has 2 heterocycles. The van der Waals surface area contributed by atoms with Gasteiger partial charge in [0.1, 0.15) is 17.8 Å². The molecule has 0 bridgehead atoms. The van der Waals surface area contributed by atoms with Crippen LogP contribution in [0.25, 0.3) is 0 Å². The van der Waals surface area contributed by atoms with Crippen LogP contribution in [0.4, 0.5) is 4.79 Å². The zero-order valence-corrected chi connectivity index (χ0v) is 18.7. The largest absolute Gasteiger partial charge is 0.497 e. The number of carbonyl (C=O) groups excluding carboxylic acids is 4. The predicted molar refractivity (Wildman–Crippen MR) is 117 cm³/mol. The summed E-state index contributed by atoms with van der Waals surface area (Å²) in [6, 6.07) is 4.72. The van der Waals surface area contributed by atoms with Crippen LogP contribution in [0.2, 0.25) is 0 Å². The number of piperazine rings is 1. The van der Waals surface area contributed by atoms with Gasteiger partial charge in [0.05, 0.1) is 13.7 Å². The summed E-state index contributed by atoms with van der Waals surface area (Å²) in [6.07, 6.45) is 1.30. The molecular formula is C22H31N5O5. The monoisotopic (exact) mass is 445 g/mol. The summed E-state index contributed by atoms with van der Waals surface area (Å²) < 4.78 is 5.13. The van der Waals surface area contributed by atoms with Crippen molar-refractivity contribution >= 4 is 23.8 Å². The van der Waals surface area contributed by atoms with Crippen LogP contribution in [0.3, 0.4) is 0 Å². The van der Waals surface area contributed by atoms with Crippen molar-refractivity contribution < 1.29 is 23.9 Å². The van der Waals surface area contributed by atoms with Crippen molar-refractivity contribution in [2.75, 3.05) is 33.3 Å². The fraction of sp³-hybridized carbons (Fsp3) is 0.545. The number of piperidine rings is 1. The molecule has 1 aromatic carbocycles. The number of carbonyl (C=O) groups is 4. The van der Waals surface area contributed by atoms with Crippen LogP contribution in [-0.2, 0) is 9.59 Å². The lowest BCUT2D eigenvalue weighted by Gasteiger charge is -2.41. The molecule has 2 saturated heterocycles. The molecule has 0 aliphatic carbocycles. The Morgan fingerprint density at radius 1 is 1.16 bits per heavy atom. The minimum absolute atomic E-state index is 0.0382. The highest BCUT2D eigenvalue weighted by Crippen LogP contribution is 2.17. The number of benzene rings is 1. The topological polar surface area (TPSA) is 120 Å². The Kier molecular flexibility index (Phi) is 7.55. The Hall–Kier alpha value is -3.30. The van der Waals surface area contributed by atoms with E-state index < -0.39 is 18.0 Å². The summed E-state index contributed by atoms with van der Waals surface area (Å²) in [5.41, 5.74) is 0.469. The molecule has 2 aliphatic heterocycles. The lowest BCUT2D eigenvalue weighted by atomic mass is 10.0. The Bertz CT molecular complexity index is 857. The zero-order chi connectivity index (χ0) is 23.3. The Morgan fingerprint density at radius 3 is 2.50 bits per heavy atom. The van der Waals surface area contributed by atoms with Gasteiger partial charge in [-0.05, 0) is 51.0 Å². The summed E-state index contributed by atoms with van der Waals surface area (Å²) in [6.45, 7) is 4.79. The van der Waals surface area contributed by atoms with Crippen LogP contribution in [-0.4, -0.2) is 85.0 Å². The van der Waals surface area contributed by atoms with E-state index in [1.54, 1.807) is 36.3 Å². The molecule has 32 heavy (non-hydrogen) atoms. The van der Waals surface area contributed by atoms with Crippen LogP contribution in [0.5, 0.6) is 5.75 Å². The van der Waals surface area contributed by atoms with E-state index in [0.717, 1.165) is 6.42 Å². The number of nitrogens with zero attached hydrogens (tertiary/aromatic N) is 2. The van der Waals surface area contributed by atoms with Crippen molar-refractivity contribution in [3.8, 4) is 5.75 Å². The van der Waals surface area contributed by atoms with Gasteiger partial charge < -0.3 is 30.5 Å². The van der Waals surface area contributed by atoms with Gasteiger partial charge in [-0.3, -0.25) is 14.4 Å². The number of urea groups is 1. The minimum atomic E-state index is -0.903. The first-order chi connectivity index (χ1) is 15.3. The van der Waals surface area contributed by atoms with Gasteiger partial charge in [0, 0.05) is 31.2 Å². The number of amides is 5. The summed E-state index contributed by atoms with van der Waals surface area (Å²) in [4.78, 5) is 54.0. The highest BCUT2D eigenvalue weighted by molar-refractivity contribution is 5.96. The highest BCUT2D eigenvalue weighted by Gasteiger charge is 2.39. The molecule has 0 saturated carbocycles. The van der Waals surface area contributed by atoms with E-state index in [1.807, 2.05) is 13.8 Å².